The van der Waals surface area contributed by atoms with E-state index in [1.165, 1.54) is 18.4 Å². The molecular weight excluding hydrogens is 453 g/mol. The molecule has 1 unspecified atom stereocenters. The maximum absolute atomic E-state index is 12.9. The predicted molar refractivity (Wildman–Crippen MR) is 129 cm³/mol. The molecule has 1 heterocycles. The lowest BCUT2D eigenvalue weighted by atomic mass is 10.1. The lowest BCUT2D eigenvalue weighted by Gasteiger charge is -2.12. The summed E-state index contributed by atoms with van der Waals surface area (Å²) in [5, 5.41) is 3.54. The lowest BCUT2D eigenvalue weighted by Crippen LogP contribution is -2.13. The van der Waals surface area contributed by atoms with Crippen molar-refractivity contribution in [2.24, 2.45) is 0 Å². The molecule has 0 spiro atoms. The lowest BCUT2D eigenvalue weighted by molar-refractivity contribution is 0.102. The van der Waals surface area contributed by atoms with Crippen molar-refractivity contribution in [3.63, 3.8) is 0 Å². The average molecular weight is 470 g/mol. The van der Waals surface area contributed by atoms with Crippen molar-refractivity contribution < 1.29 is 9.00 Å². The summed E-state index contributed by atoms with van der Waals surface area (Å²) in [7, 11) is -2.49. The third kappa shape index (κ3) is 4.56. The highest BCUT2D eigenvalue weighted by Gasteiger charge is 2.15. The van der Waals surface area contributed by atoms with Gasteiger partial charge in [-0.3, -0.25) is 14.0 Å². The number of halogens is 2. The number of rotatable bonds is 4. The summed E-state index contributed by atoms with van der Waals surface area (Å²) in [5.74, 6) is 3.22. The summed E-state index contributed by atoms with van der Waals surface area (Å²) in [5.41, 5.74) is 3.45. The van der Waals surface area contributed by atoms with Crippen LogP contribution in [0.2, 0.25) is 10.0 Å². The molecule has 4 rings (SSSR count). The standard InChI is InChI=1S/C23H17Cl2N3O2S/c1-31(2,30)15-8-10-19(25)17(12-15)23(29)27-14-7-9-18(24)16(11-14)22-13-26-20-5-3-4-6-21(20)28-22/h3-13H,1H2,2H3,(H,27,29). The van der Waals surface area contributed by atoms with Crippen LogP contribution in [-0.2, 0) is 9.52 Å². The summed E-state index contributed by atoms with van der Waals surface area (Å²) < 4.78 is 12.3. The van der Waals surface area contributed by atoms with Crippen LogP contribution in [0.15, 0.2) is 71.8 Å². The van der Waals surface area contributed by atoms with Crippen LogP contribution in [0.3, 0.4) is 0 Å². The zero-order valence-corrected chi connectivity index (χ0v) is 18.8. The highest BCUT2D eigenvalue weighted by atomic mass is 35.5. The number of benzene rings is 3. The largest absolute Gasteiger partial charge is 0.322 e. The van der Waals surface area contributed by atoms with Crippen molar-refractivity contribution >= 4 is 61.2 Å². The number of anilines is 1. The van der Waals surface area contributed by atoms with Gasteiger partial charge in [0.05, 0.1) is 38.5 Å². The Morgan fingerprint density at radius 2 is 1.71 bits per heavy atom. The summed E-state index contributed by atoms with van der Waals surface area (Å²) in [6.45, 7) is 0. The predicted octanol–water partition coefficient (Wildman–Crippen LogP) is 5.56. The molecule has 0 bridgehead atoms. The molecule has 4 aromatic rings. The molecule has 0 fully saturated rings. The van der Waals surface area contributed by atoms with Gasteiger partial charge in [0.15, 0.2) is 0 Å². The number of fused-ring (bicyclic) bond motifs is 1. The van der Waals surface area contributed by atoms with E-state index in [0.29, 0.717) is 26.9 Å². The van der Waals surface area contributed by atoms with Crippen LogP contribution in [0.4, 0.5) is 5.69 Å². The van der Waals surface area contributed by atoms with Gasteiger partial charge >= 0.3 is 0 Å². The minimum absolute atomic E-state index is 0.208. The fraction of sp³-hybridized carbons (Fsp3) is 0.0435. The van der Waals surface area contributed by atoms with Gasteiger partial charge in [0, 0.05) is 22.4 Å². The molecular formula is C23H17Cl2N3O2S. The number of aromatic nitrogens is 2. The second-order valence-electron chi connectivity index (χ2n) is 7.04. The highest BCUT2D eigenvalue weighted by Crippen LogP contribution is 2.30. The zero-order chi connectivity index (χ0) is 22.2. The van der Waals surface area contributed by atoms with E-state index >= 15 is 0 Å². The van der Waals surface area contributed by atoms with Crippen LogP contribution in [-0.4, -0.2) is 32.2 Å². The number of nitrogens with zero attached hydrogens (tertiary/aromatic N) is 2. The van der Waals surface area contributed by atoms with Crippen LogP contribution in [0.1, 0.15) is 10.4 Å². The van der Waals surface area contributed by atoms with Gasteiger partial charge in [0.25, 0.3) is 5.91 Å². The third-order valence-corrected chi connectivity index (χ3v) is 6.54. The van der Waals surface area contributed by atoms with Crippen molar-refractivity contribution in [1.82, 2.24) is 9.97 Å². The Hall–Kier alpha value is -2.93. The Morgan fingerprint density at radius 3 is 2.45 bits per heavy atom. The molecule has 1 N–H and O–H groups in total. The van der Waals surface area contributed by atoms with Crippen molar-refractivity contribution in [1.29, 1.82) is 0 Å². The SMILES string of the molecule is C=S(C)(=O)c1ccc(Cl)c(C(=O)Nc2ccc(Cl)c(-c3cnc4ccccc4n3)c2)c1. The Kier molecular flexibility index (Phi) is 5.71. The Labute approximate surface area is 190 Å². The second-order valence-corrected chi connectivity index (χ2v) is 10.3. The normalized spacial score (nSPS) is 13.0. The number of hydrogen-bond donors (Lipinski definition) is 1. The zero-order valence-electron chi connectivity index (χ0n) is 16.4. The van der Waals surface area contributed by atoms with Crippen molar-refractivity contribution in [2.75, 3.05) is 11.6 Å². The van der Waals surface area contributed by atoms with Crippen LogP contribution in [0.5, 0.6) is 0 Å². The quantitative estimate of drug-likeness (QED) is 0.397. The fourth-order valence-electron chi connectivity index (χ4n) is 3.03. The van der Waals surface area contributed by atoms with Gasteiger partial charge in [0.1, 0.15) is 0 Å². The molecule has 0 saturated heterocycles. The highest BCUT2D eigenvalue weighted by molar-refractivity contribution is 7.99. The first-order chi connectivity index (χ1) is 14.7. The van der Waals surface area contributed by atoms with Gasteiger partial charge in [-0.1, -0.05) is 35.3 Å². The molecule has 3 aromatic carbocycles. The van der Waals surface area contributed by atoms with Gasteiger partial charge in [-0.25, -0.2) is 4.98 Å². The van der Waals surface area contributed by atoms with E-state index in [4.69, 9.17) is 23.2 Å². The number of para-hydroxylation sites is 2. The second kappa shape index (κ2) is 8.30. The Balaban J connectivity index is 1.68. The van der Waals surface area contributed by atoms with Gasteiger partial charge in [-0.05, 0) is 63.9 Å². The first-order valence-electron chi connectivity index (χ1n) is 9.17. The van der Waals surface area contributed by atoms with Crippen LogP contribution in [0.25, 0.3) is 22.3 Å². The van der Waals surface area contributed by atoms with E-state index < -0.39 is 15.4 Å². The Morgan fingerprint density at radius 1 is 1.00 bits per heavy atom. The Bertz CT molecular complexity index is 1440. The summed E-state index contributed by atoms with van der Waals surface area (Å²) in [6.07, 6.45) is 3.15. The van der Waals surface area contributed by atoms with E-state index in [0.717, 1.165) is 11.0 Å². The molecule has 1 atom stereocenters. The van der Waals surface area contributed by atoms with E-state index in [-0.39, 0.29) is 10.6 Å². The van der Waals surface area contributed by atoms with E-state index in [9.17, 15) is 9.00 Å². The number of amides is 1. The molecule has 5 nitrogen and oxygen atoms in total. The van der Waals surface area contributed by atoms with Crippen LogP contribution >= 0.6 is 23.2 Å². The molecule has 1 aromatic heterocycles. The smallest absolute Gasteiger partial charge is 0.257 e. The molecule has 8 heteroatoms. The summed E-state index contributed by atoms with van der Waals surface area (Å²) in [4.78, 5) is 22.3. The monoisotopic (exact) mass is 469 g/mol. The minimum atomic E-state index is -2.49. The maximum atomic E-state index is 12.9. The van der Waals surface area contributed by atoms with E-state index in [1.54, 1.807) is 30.5 Å². The molecule has 0 aliphatic heterocycles. The third-order valence-electron chi connectivity index (χ3n) is 4.63. The topological polar surface area (TPSA) is 72.0 Å². The van der Waals surface area contributed by atoms with Crippen molar-refractivity contribution in [3.05, 3.63) is 82.5 Å². The van der Waals surface area contributed by atoms with Gasteiger partial charge in [0.2, 0.25) is 0 Å². The molecule has 0 radical (unpaired) electrons. The molecule has 0 aliphatic rings. The molecule has 0 saturated carbocycles. The number of hydrogen-bond acceptors (Lipinski definition) is 4. The van der Waals surface area contributed by atoms with Gasteiger partial charge in [-0.15, -0.1) is 0 Å². The van der Waals surface area contributed by atoms with Crippen molar-refractivity contribution in [3.8, 4) is 11.3 Å². The number of nitrogens with one attached hydrogen (secondary N) is 1. The summed E-state index contributed by atoms with van der Waals surface area (Å²) in [6, 6.07) is 17.3. The first kappa shape index (κ1) is 21.3. The van der Waals surface area contributed by atoms with E-state index in [1.807, 2.05) is 24.3 Å². The molecule has 1 amide bonds. The number of carbonyl (C=O) groups excluding carboxylic acids is 1. The van der Waals surface area contributed by atoms with Gasteiger partial charge < -0.3 is 5.32 Å². The molecule has 31 heavy (non-hydrogen) atoms. The summed E-state index contributed by atoms with van der Waals surface area (Å²) >= 11 is 12.6. The molecule has 0 aliphatic carbocycles. The van der Waals surface area contributed by atoms with Crippen LogP contribution < -0.4 is 5.32 Å². The fourth-order valence-corrected chi connectivity index (χ4v) is 4.17. The maximum Gasteiger partial charge on any atom is 0.257 e. The molecule has 156 valence electrons. The van der Waals surface area contributed by atoms with Gasteiger partial charge in [-0.2, -0.15) is 0 Å². The first-order valence-corrected chi connectivity index (χ1v) is 12.1. The average Bonchev–Trinajstić information content (AvgIpc) is 2.74. The van der Waals surface area contributed by atoms with E-state index in [2.05, 4.69) is 21.2 Å². The minimum Gasteiger partial charge on any atom is -0.322 e. The number of carbonyl (C=O) groups is 1. The van der Waals surface area contributed by atoms with Crippen LogP contribution in [0, 0.1) is 0 Å². The van der Waals surface area contributed by atoms with Crippen molar-refractivity contribution in [2.45, 2.75) is 4.90 Å².